The van der Waals surface area contributed by atoms with Gasteiger partial charge in [0.2, 0.25) is 0 Å². The van der Waals surface area contributed by atoms with Crippen molar-refractivity contribution in [3.05, 3.63) is 54.5 Å². The summed E-state index contributed by atoms with van der Waals surface area (Å²) in [5.41, 5.74) is 3.66. The summed E-state index contributed by atoms with van der Waals surface area (Å²) < 4.78 is 1.92. The lowest BCUT2D eigenvalue weighted by Crippen LogP contribution is -2.16. The number of carbonyl (C=O) groups excluding carboxylic acids is 1. The van der Waals surface area contributed by atoms with Gasteiger partial charge in [-0.1, -0.05) is 33.6 Å². The van der Waals surface area contributed by atoms with Gasteiger partial charge in [-0.2, -0.15) is 5.10 Å². The van der Waals surface area contributed by atoms with E-state index >= 15 is 0 Å². The highest BCUT2D eigenvalue weighted by molar-refractivity contribution is 9.10. The van der Waals surface area contributed by atoms with Gasteiger partial charge in [-0.05, 0) is 36.1 Å². The minimum atomic E-state index is -0.298. The summed E-state index contributed by atoms with van der Waals surface area (Å²) in [6, 6.07) is 7.75. The number of hydrogen-bond acceptors (Lipinski definition) is 4. The molecule has 2 heterocycles. The largest absolute Gasteiger partial charge is 0.283 e. The quantitative estimate of drug-likeness (QED) is 0.450. The molecule has 0 aliphatic heterocycles. The van der Waals surface area contributed by atoms with Crippen LogP contribution in [0.1, 0.15) is 20.1 Å². The van der Waals surface area contributed by atoms with E-state index in [9.17, 15) is 4.79 Å². The first-order valence-corrected chi connectivity index (χ1v) is 9.18. The van der Waals surface area contributed by atoms with E-state index in [1.807, 2.05) is 36.6 Å². The minimum Gasteiger partial charge on any atom is -0.266 e. The third-order valence-electron chi connectivity index (χ3n) is 3.05. The number of nitrogens with zero attached hydrogens (tertiary/aromatic N) is 1. The highest BCUT2D eigenvalue weighted by Crippen LogP contribution is 2.36. The maximum absolute atomic E-state index is 12.2. The molecule has 0 fully saturated rings. The van der Waals surface area contributed by atoms with Crippen LogP contribution < -0.4 is 5.43 Å². The number of nitrogens with one attached hydrogen (secondary N) is 1. The third kappa shape index (κ3) is 3.10. The lowest BCUT2D eigenvalue weighted by atomic mass is 10.2. The van der Waals surface area contributed by atoms with Crippen molar-refractivity contribution in [2.24, 2.45) is 5.10 Å². The van der Waals surface area contributed by atoms with Crippen molar-refractivity contribution in [1.82, 2.24) is 5.43 Å². The molecular weight excluding hydrogens is 404 g/mol. The van der Waals surface area contributed by atoms with E-state index in [1.54, 1.807) is 17.6 Å². The van der Waals surface area contributed by atoms with E-state index in [-0.39, 0.29) is 5.91 Å². The normalized spacial score (nSPS) is 11.4. The Labute approximate surface area is 148 Å². The number of aryl methyl sites for hydroxylation is 1. The predicted octanol–water partition coefficient (Wildman–Crippen LogP) is 5.45. The molecule has 0 radical (unpaired) electrons. The molecule has 1 amide bonds. The molecule has 3 rings (SSSR count). The van der Waals surface area contributed by atoms with Crippen LogP contribution in [0.25, 0.3) is 10.1 Å². The van der Waals surface area contributed by atoms with Crippen molar-refractivity contribution in [3.8, 4) is 0 Å². The van der Waals surface area contributed by atoms with Crippen LogP contribution in [0.4, 0.5) is 0 Å². The first-order chi connectivity index (χ1) is 10.6. The Morgan fingerprint density at radius 1 is 1.41 bits per heavy atom. The second-order valence-electron chi connectivity index (χ2n) is 4.55. The van der Waals surface area contributed by atoms with Gasteiger partial charge in [0, 0.05) is 19.4 Å². The fraction of sp³-hybridized carbons (Fsp3) is 0.0667. The highest BCUT2D eigenvalue weighted by atomic mass is 79.9. The van der Waals surface area contributed by atoms with Gasteiger partial charge in [-0.15, -0.1) is 22.7 Å². The molecule has 0 atom stereocenters. The van der Waals surface area contributed by atoms with Crippen LogP contribution in [0.2, 0.25) is 5.02 Å². The molecule has 2 aromatic heterocycles. The number of hydrogen-bond donors (Lipinski definition) is 1. The fourth-order valence-corrected chi connectivity index (χ4v) is 4.65. The molecule has 0 aliphatic rings. The van der Waals surface area contributed by atoms with Gasteiger partial charge in [-0.3, -0.25) is 4.79 Å². The number of fused-ring (bicyclic) bond motifs is 1. The molecule has 3 nitrogen and oxygen atoms in total. The average Bonchev–Trinajstić information content (AvgIpc) is 3.03. The van der Waals surface area contributed by atoms with Gasteiger partial charge in [0.05, 0.1) is 11.2 Å². The van der Waals surface area contributed by atoms with Crippen molar-refractivity contribution in [2.45, 2.75) is 6.92 Å². The number of halogens is 2. The van der Waals surface area contributed by atoms with Crippen LogP contribution in [-0.4, -0.2) is 12.1 Å². The summed E-state index contributed by atoms with van der Waals surface area (Å²) in [6.45, 7) is 2.00. The van der Waals surface area contributed by atoms with Crippen molar-refractivity contribution in [2.75, 3.05) is 0 Å². The molecule has 0 bridgehead atoms. The van der Waals surface area contributed by atoms with Gasteiger partial charge in [0.25, 0.3) is 5.91 Å². The van der Waals surface area contributed by atoms with E-state index in [2.05, 4.69) is 26.5 Å². The lowest BCUT2D eigenvalue weighted by Gasteiger charge is -1.97. The summed E-state index contributed by atoms with van der Waals surface area (Å²) in [5.74, 6) is -0.298. The molecule has 0 spiro atoms. The van der Waals surface area contributed by atoms with Crippen LogP contribution >= 0.6 is 50.2 Å². The van der Waals surface area contributed by atoms with Gasteiger partial charge >= 0.3 is 0 Å². The zero-order chi connectivity index (χ0) is 15.7. The Morgan fingerprint density at radius 3 is 2.95 bits per heavy atom. The Hall–Kier alpha value is -1.21. The number of amides is 1. The van der Waals surface area contributed by atoms with E-state index < -0.39 is 0 Å². The zero-order valence-electron chi connectivity index (χ0n) is 11.4. The molecule has 1 aromatic carbocycles. The first kappa shape index (κ1) is 15.7. The van der Waals surface area contributed by atoms with Crippen molar-refractivity contribution in [3.63, 3.8) is 0 Å². The summed E-state index contributed by atoms with van der Waals surface area (Å²) in [4.78, 5) is 13.7. The van der Waals surface area contributed by atoms with Gasteiger partial charge in [0.15, 0.2) is 0 Å². The summed E-state index contributed by atoms with van der Waals surface area (Å²) in [5, 5.41) is 7.33. The Kier molecular flexibility index (Phi) is 4.63. The van der Waals surface area contributed by atoms with E-state index in [0.717, 1.165) is 25.0 Å². The van der Waals surface area contributed by atoms with E-state index in [0.29, 0.717) is 9.90 Å². The molecule has 1 N–H and O–H groups in total. The first-order valence-electron chi connectivity index (χ1n) is 6.31. The number of hydrazone groups is 1. The second-order valence-corrected chi connectivity index (χ2v) is 7.85. The van der Waals surface area contributed by atoms with E-state index in [1.165, 1.54) is 11.3 Å². The van der Waals surface area contributed by atoms with Gasteiger partial charge in [-0.25, -0.2) is 5.43 Å². The molecule has 0 saturated heterocycles. The van der Waals surface area contributed by atoms with Crippen LogP contribution in [0, 0.1) is 6.92 Å². The molecule has 22 heavy (non-hydrogen) atoms. The second kappa shape index (κ2) is 6.50. The zero-order valence-corrected chi connectivity index (χ0v) is 15.4. The molecular formula is C15H10BrClN2OS2. The van der Waals surface area contributed by atoms with Crippen LogP contribution in [0.15, 0.2) is 39.2 Å². The number of rotatable bonds is 3. The number of carbonyl (C=O) groups is 1. The fourth-order valence-electron chi connectivity index (χ4n) is 1.90. The molecule has 112 valence electrons. The maximum Gasteiger partial charge on any atom is 0.283 e. The Balaban J connectivity index is 1.82. The lowest BCUT2D eigenvalue weighted by molar-refractivity contribution is 0.0959. The summed E-state index contributed by atoms with van der Waals surface area (Å²) in [7, 11) is 0. The Bertz CT molecular complexity index is 885. The van der Waals surface area contributed by atoms with Crippen molar-refractivity contribution in [1.29, 1.82) is 0 Å². The minimum absolute atomic E-state index is 0.298. The SMILES string of the molecule is Cc1ccsc1/C=N/NC(=O)c1sc2cc(Br)ccc2c1Cl. The molecule has 3 aromatic rings. The van der Waals surface area contributed by atoms with Crippen LogP contribution in [-0.2, 0) is 0 Å². The number of benzene rings is 1. The predicted molar refractivity (Wildman–Crippen MR) is 98.7 cm³/mol. The smallest absolute Gasteiger partial charge is 0.266 e. The summed E-state index contributed by atoms with van der Waals surface area (Å²) in [6.07, 6.45) is 1.65. The molecule has 7 heteroatoms. The topological polar surface area (TPSA) is 41.5 Å². The van der Waals surface area contributed by atoms with Gasteiger partial charge < -0.3 is 0 Å². The highest BCUT2D eigenvalue weighted by Gasteiger charge is 2.16. The Morgan fingerprint density at radius 2 is 2.23 bits per heavy atom. The van der Waals surface area contributed by atoms with E-state index in [4.69, 9.17) is 11.6 Å². The maximum atomic E-state index is 12.2. The van der Waals surface area contributed by atoms with Crippen LogP contribution in [0.5, 0.6) is 0 Å². The van der Waals surface area contributed by atoms with Crippen molar-refractivity contribution < 1.29 is 4.79 Å². The average molecular weight is 414 g/mol. The monoisotopic (exact) mass is 412 g/mol. The molecule has 0 saturated carbocycles. The third-order valence-corrected chi connectivity index (χ3v) is 6.15. The molecule has 0 unspecified atom stereocenters. The number of thiophene rings is 2. The summed E-state index contributed by atoms with van der Waals surface area (Å²) >= 11 is 12.6. The van der Waals surface area contributed by atoms with Gasteiger partial charge in [0.1, 0.15) is 4.88 Å². The molecule has 0 aliphatic carbocycles. The van der Waals surface area contributed by atoms with Crippen molar-refractivity contribution >= 4 is 72.4 Å². The van der Waals surface area contributed by atoms with Crippen LogP contribution in [0.3, 0.4) is 0 Å². The standard InChI is InChI=1S/C15H10BrClN2OS2/c1-8-4-5-21-12(8)7-18-19-15(20)14-13(17)10-3-2-9(16)6-11(10)22-14/h2-7H,1H3,(H,19,20)/b18-7+.